The Hall–Kier alpha value is -0.340. The minimum absolute atomic E-state index is 0.0957. The topological polar surface area (TPSA) is 40.5 Å². The summed E-state index contributed by atoms with van der Waals surface area (Å²) in [6, 6.07) is 0. The molecule has 5 aliphatic rings. The van der Waals surface area contributed by atoms with Gasteiger partial charge in [-0.05, 0) is 97.7 Å². The Balaban J connectivity index is 1.38. The molecule has 0 unspecified atom stereocenters. The lowest BCUT2D eigenvalue weighted by molar-refractivity contribution is -0.0723. The molecule has 2 heteroatoms. The van der Waals surface area contributed by atoms with Crippen molar-refractivity contribution >= 4 is 0 Å². The molecule has 9 atom stereocenters. The van der Waals surface area contributed by atoms with Crippen LogP contribution in [0.5, 0.6) is 0 Å². The first-order valence-corrected chi connectivity index (χ1v) is 13.7. The number of fused-ring (bicyclic) bond motifs is 6. The van der Waals surface area contributed by atoms with E-state index in [4.69, 9.17) is 0 Å². The lowest BCUT2D eigenvalue weighted by Gasteiger charge is -2.60. The number of hydrogen-bond donors (Lipinski definition) is 2. The van der Waals surface area contributed by atoms with E-state index in [0.29, 0.717) is 28.6 Å². The monoisotopic (exact) mass is 428 g/mol. The largest absolute Gasteiger partial charge is 0.393 e. The molecule has 4 saturated carbocycles. The van der Waals surface area contributed by atoms with Crippen LogP contribution in [0.4, 0.5) is 0 Å². The molecule has 1 spiro atoms. The molecule has 0 aliphatic heterocycles. The summed E-state index contributed by atoms with van der Waals surface area (Å²) < 4.78 is 0. The maximum atomic E-state index is 11.3. The van der Waals surface area contributed by atoms with Gasteiger partial charge in [-0.3, -0.25) is 0 Å². The Kier molecular flexibility index (Phi) is 5.50. The van der Waals surface area contributed by atoms with Crippen molar-refractivity contribution in [2.75, 3.05) is 0 Å². The highest BCUT2D eigenvalue weighted by Gasteiger charge is 2.66. The highest BCUT2D eigenvalue weighted by atomic mass is 16.3. The summed E-state index contributed by atoms with van der Waals surface area (Å²) >= 11 is 0. The summed E-state index contributed by atoms with van der Waals surface area (Å²) in [4.78, 5) is 0. The zero-order chi connectivity index (χ0) is 22.2. The van der Waals surface area contributed by atoms with E-state index in [1.165, 1.54) is 57.8 Å². The van der Waals surface area contributed by atoms with Crippen LogP contribution < -0.4 is 0 Å². The molecule has 0 saturated heterocycles. The van der Waals surface area contributed by atoms with Crippen molar-refractivity contribution < 1.29 is 10.2 Å². The van der Waals surface area contributed by atoms with Crippen molar-refractivity contribution in [2.45, 2.75) is 117 Å². The molecule has 2 N–H and O–H groups in total. The fourth-order valence-electron chi connectivity index (χ4n) is 9.92. The number of allylic oxidation sites excluding steroid dienone is 1. The van der Waals surface area contributed by atoms with E-state index >= 15 is 0 Å². The van der Waals surface area contributed by atoms with Gasteiger partial charge >= 0.3 is 0 Å². The third-order valence-electron chi connectivity index (χ3n) is 11.5. The first kappa shape index (κ1) is 22.5. The molecule has 0 amide bonds. The average Bonchev–Trinajstić information content (AvgIpc) is 3.43. The molecule has 0 radical (unpaired) electrons. The van der Waals surface area contributed by atoms with Crippen LogP contribution in [0.2, 0.25) is 0 Å². The lowest BCUT2D eigenvalue weighted by Crippen LogP contribution is -2.53. The Morgan fingerprint density at radius 3 is 2.39 bits per heavy atom. The molecule has 176 valence electrons. The second-order valence-electron chi connectivity index (χ2n) is 13.5. The molecular weight excluding hydrogens is 380 g/mol. The summed E-state index contributed by atoms with van der Waals surface area (Å²) in [7, 11) is 0. The summed E-state index contributed by atoms with van der Waals surface area (Å²) in [5.74, 6) is 4.07. The molecule has 31 heavy (non-hydrogen) atoms. The van der Waals surface area contributed by atoms with E-state index in [1.54, 1.807) is 5.57 Å². The quantitative estimate of drug-likeness (QED) is 0.475. The van der Waals surface area contributed by atoms with Gasteiger partial charge in [0.15, 0.2) is 0 Å². The van der Waals surface area contributed by atoms with Crippen LogP contribution in [-0.4, -0.2) is 22.4 Å². The van der Waals surface area contributed by atoms with Crippen LogP contribution in [0.3, 0.4) is 0 Å². The Morgan fingerprint density at radius 2 is 1.71 bits per heavy atom. The third-order valence-corrected chi connectivity index (χ3v) is 11.5. The summed E-state index contributed by atoms with van der Waals surface area (Å²) in [6.45, 7) is 12.2. The maximum Gasteiger partial charge on any atom is 0.0634 e. The van der Waals surface area contributed by atoms with Crippen molar-refractivity contribution in [3.05, 3.63) is 11.6 Å². The normalized spacial score (nSPS) is 48.7. The molecule has 0 bridgehead atoms. The Bertz CT molecular complexity index is 720. The Morgan fingerprint density at radius 1 is 0.968 bits per heavy atom. The van der Waals surface area contributed by atoms with E-state index in [1.807, 2.05) is 0 Å². The van der Waals surface area contributed by atoms with Crippen molar-refractivity contribution in [1.29, 1.82) is 0 Å². The molecular formula is C29H48O2. The fraction of sp³-hybridized carbons (Fsp3) is 0.931. The highest BCUT2D eigenvalue weighted by Crippen LogP contribution is 2.72. The van der Waals surface area contributed by atoms with Crippen LogP contribution >= 0.6 is 0 Å². The second kappa shape index (κ2) is 7.59. The van der Waals surface area contributed by atoms with E-state index in [2.05, 4.69) is 40.7 Å². The molecule has 4 fully saturated rings. The van der Waals surface area contributed by atoms with Gasteiger partial charge < -0.3 is 10.2 Å². The van der Waals surface area contributed by atoms with Gasteiger partial charge in [-0.1, -0.05) is 65.5 Å². The standard InChI is InChI=1S/C29H48O2/c1-18(2)7-6-8-19(3)26-23(30)17-22-20-9-10-24-27(4,21(20)11-13-28(22,26)5)14-12-25(31)29(24)15-16-29/h10,18-23,25-26,30-31H,6-9,11-17H2,1-5H3/t19-,20-,21+,22+,23+,25-,26+,27-,28+/m1/s1. The van der Waals surface area contributed by atoms with E-state index in [9.17, 15) is 10.2 Å². The van der Waals surface area contributed by atoms with Crippen LogP contribution in [0.1, 0.15) is 105 Å². The summed E-state index contributed by atoms with van der Waals surface area (Å²) in [5, 5.41) is 22.1. The highest BCUT2D eigenvalue weighted by molar-refractivity contribution is 5.36. The van der Waals surface area contributed by atoms with Crippen molar-refractivity contribution in [2.24, 2.45) is 51.8 Å². The molecule has 5 aliphatic carbocycles. The van der Waals surface area contributed by atoms with Crippen molar-refractivity contribution in [3.63, 3.8) is 0 Å². The van der Waals surface area contributed by atoms with Crippen LogP contribution in [0.25, 0.3) is 0 Å². The minimum atomic E-state index is -0.107. The SMILES string of the molecule is CC(C)CCC[C@@H](C)[C@H]1[C@@H](O)C[C@H]2[C@@H]3CC=C4C5(CC5)[C@H](O)CC[C@]4(C)[C@H]3CC[C@]12C. The second-order valence-corrected chi connectivity index (χ2v) is 13.5. The zero-order valence-electron chi connectivity index (χ0n) is 20.9. The van der Waals surface area contributed by atoms with Gasteiger partial charge in [0.1, 0.15) is 0 Å². The van der Waals surface area contributed by atoms with E-state index in [0.717, 1.165) is 30.6 Å². The van der Waals surface area contributed by atoms with Crippen molar-refractivity contribution in [1.82, 2.24) is 0 Å². The summed E-state index contributed by atoms with van der Waals surface area (Å²) in [6.07, 6.45) is 15.8. The third kappa shape index (κ3) is 3.24. The smallest absolute Gasteiger partial charge is 0.0634 e. The van der Waals surface area contributed by atoms with Gasteiger partial charge in [-0.15, -0.1) is 0 Å². The number of aliphatic hydroxyl groups excluding tert-OH is 2. The maximum absolute atomic E-state index is 11.3. The first-order chi connectivity index (χ1) is 14.6. The molecule has 0 aromatic carbocycles. The number of hydrogen-bond acceptors (Lipinski definition) is 2. The predicted octanol–water partition coefficient (Wildman–Crippen LogP) is 6.75. The number of rotatable bonds is 5. The van der Waals surface area contributed by atoms with Crippen LogP contribution in [0.15, 0.2) is 11.6 Å². The first-order valence-electron chi connectivity index (χ1n) is 13.7. The fourth-order valence-corrected chi connectivity index (χ4v) is 9.92. The molecule has 2 nitrogen and oxygen atoms in total. The van der Waals surface area contributed by atoms with Gasteiger partial charge in [-0.2, -0.15) is 0 Å². The molecule has 0 aromatic heterocycles. The Labute approximate surface area is 191 Å². The van der Waals surface area contributed by atoms with Crippen LogP contribution in [0, 0.1) is 51.8 Å². The van der Waals surface area contributed by atoms with Crippen molar-refractivity contribution in [3.8, 4) is 0 Å². The summed E-state index contributed by atoms with van der Waals surface area (Å²) in [5.41, 5.74) is 2.42. The molecule has 5 rings (SSSR count). The number of aliphatic hydroxyl groups is 2. The van der Waals surface area contributed by atoms with Gasteiger partial charge in [0.05, 0.1) is 12.2 Å². The van der Waals surface area contributed by atoms with E-state index in [-0.39, 0.29) is 17.6 Å². The van der Waals surface area contributed by atoms with E-state index < -0.39 is 0 Å². The average molecular weight is 429 g/mol. The van der Waals surface area contributed by atoms with Gasteiger partial charge in [0.2, 0.25) is 0 Å². The van der Waals surface area contributed by atoms with Gasteiger partial charge in [0, 0.05) is 5.41 Å². The predicted molar refractivity (Wildman–Crippen MR) is 127 cm³/mol. The van der Waals surface area contributed by atoms with Crippen LogP contribution in [-0.2, 0) is 0 Å². The molecule has 0 heterocycles. The van der Waals surface area contributed by atoms with Gasteiger partial charge in [-0.25, -0.2) is 0 Å². The zero-order valence-corrected chi connectivity index (χ0v) is 20.9. The lowest BCUT2D eigenvalue weighted by atomic mass is 9.45. The van der Waals surface area contributed by atoms with Gasteiger partial charge in [0.25, 0.3) is 0 Å². The molecule has 0 aromatic rings. The minimum Gasteiger partial charge on any atom is -0.393 e.